The Morgan fingerprint density at radius 2 is 1.86 bits per heavy atom. The quantitative estimate of drug-likeness (QED) is 0.419. The fraction of sp³-hybridized carbons (Fsp3) is 0.941. The Hall–Kier alpha value is -0.610. The fourth-order valence-electron chi connectivity index (χ4n) is 2.80. The number of hydrogen-bond donors (Lipinski definition) is 1. The van der Waals surface area contributed by atoms with Crippen molar-refractivity contribution in [3.63, 3.8) is 0 Å². The highest BCUT2D eigenvalue weighted by atomic mass is 16.5. The summed E-state index contributed by atoms with van der Waals surface area (Å²) in [5, 5.41) is 3.35. The van der Waals surface area contributed by atoms with E-state index in [2.05, 4.69) is 12.2 Å². The Morgan fingerprint density at radius 1 is 1.14 bits per heavy atom. The zero-order chi connectivity index (χ0) is 15.6. The first kappa shape index (κ1) is 18.4. The lowest BCUT2D eigenvalue weighted by atomic mass is 9.94. The van der Waals surface area contributed by atoms with Crippen LogP contribution in [-0.2, 0) is 14.3 Å². The number of likely N-dealkylation sites (N-methyl/N-ethyl adjacent to an activating group) is 1. The number of hydrogen-bond acceptors (Lipinski definition) is 4. The molecule has 0 amide bonds. The topological polar surface area (TPSA) is 47.6 Å². The molecule has 4 heteroatoms. The third kappa shape index (κ3) is 5.95. The molecule has 0 aromatic heterocycles. The molecular weight excluding hydrogens is 266 g/mol. The SMILES string of the molecule is CCCCCCCOCC(NCC)(C(=O)OCC)C1CC1. The number of rotatable bonds is 13. The van der Waals surface area contributed by atoms with Crippen LogP contribution in [0.5, 0.6) is 0 Å². The molecule has 4 nitrogen and oxygen atoms in total. The highest BCUT2D eigenvalue weighted by molar-refractivity contribution is 5.82. The molecule has 0 heterocycles. The Morgan fingerprint density at radius 3 is 2.43 bits per heavy atom. The Kier molecular flexibility index (Phi) is 8.93. The summed E-state index contributed by atoms with van der Waals surface area (Å²) in [4.78, 5) is 12.4. The van der Waals surface area contributed by atoms with E-state index in [4.69, 9.17) is 9.47 Å². The Balaban J connectivity index is 2.40. The maximum atomic E-state index is 12.4. The van der Waals surface area contributed by atoms with E-state index >= 15 is 0 Å². The van der Waals surface area contributed by atoms with Crippen LogP contribution in [0.15, 0.2) is 0 Å². The average molecular weight is 299 g/mol. The lowest BCUT2D eigenvalue weighted by Gasteiger charge is -2.32. The third-order valence-electron chi connectivity index (χ3n) is 4.13. The minimum Gasteiger partial charge on any atom is -0.465 e. The molecular formula is C17H33NO3. The summed E-state index contributed by atoms with van der Waals surface area (Å²) in [5.74, 6) is 0.233. The number of unbranched alkanes of at least 4 members (excludes halogenated alkanes) is 4. The predicted octanol–water partition coefficient (Wildman–Crippen LogP) is 3.29. The summed E-state index contributed by atoms with van der Waals surface area (Å²) >= 11 is 0. The standard InChI is InChI=1S/C17H33NO3/c1-4-7-8-9-10-13-20-14-17(18-5-2,15-11-12-15)16(19)21-6-3/h15,18H,4-14H2,1-3H3. The van der Waals surface area contributed by atoms with Crippen LogP contribution in [0.1, 0.15) is 65.7 Å². The fourth-order valence-corrected chi connectivity index (χ4v) is 2.80. The average Bonchev–Trinajstić information content (AvgIpc) is 3.30. The number of ether oxygens (including phenoxy) is 2. The summed E-state index contributed by atoms with van der Waals surface area (Å²) in [6.07, 6.45) is 8.30. The van der Waals surface area contributed by atoms with Gasteiger partial charge in [-0.2, -0.15) is 0 Å². The van der Waals surface area contributed by atoms with Gasteiger partial charge in [-0.05, 0) is 38.6 Å². The van der Waals surface area contributed by atoms with Gasteiger partial charge in [-0.3, -0.25) is 5.32 Å². The van der Waals surface area contributed by atoms with Crippen molar-refractivity contribution in [2.75, 3.05) is 26.4 Å². The molecule has 124 valence electrons. The van der Waals surface area contributed by atoms with E-state index in [-0.39, 0.29) is 5.97 Å². The first-order valence-corrected chi connectivity index (χ1v) is 8.71. The van der Waals surface area contributed by atoms with E-state index < -0.39 is 5.54 Å². The zero-order valence-electron chi connectivity index (χ0n) is 14.1. The number of carbonyl (C=O) groups is 1. The summed E-state index contributed by atoms with van der Waals surface area (Å²) in [5.41, 5.74) is -0.617. The molecule has 1 saturated carbocycles. The van der Waals surface area contributed by atoms with Gasteiger partial charge in [0.25, 0.3) is 0 Å². The van der Waals surface area contributed by atoms with Crippen LogP contribution in [-0.4, -0.2) is 37.9 Å². The molecule has 1 rings (SSSR count). The van der Waals surface area contributed by atoms with Crippen LogP contribution in [0.2, 0.25) is 0 Å². The van der Waals surface area contributed by atoms with Crippen LogP contribution in [0.4, 0.5) is 0 Å². The van der Waals surface area contributed by atoms with Crippen LogP contribution in [0.3, 0.4) is 0 Å². The van der Waals surface area contributed by atoms with Crippen molar-refractivity contribution in [3.05, 3.63) is 0 Å². The van der Waals surface area contributed by atoms with Crippen LogP contribution in [0.25, 0.3) is 0 Å². The number of esters is 1. The van der Waals surface area contributed by atoms with Crippen molar-refractivity contribution in [1.82, 2.24) is 5.32 Å². The molecule has 1 aliphatic carbocycles. The van der Waals surface area contributed by atoms with Gasteiger partial charge in [0.2, 0.25) is 0 Å². The molecule has 0 aliphatic heterocycles. The van der Waals surface area contributed by atoms with E-state index in [1.807, 2.05) is 13.8 Å². The second-order valence-electron chi connectivity index (χ2n) is 5.96. The van der Waals surface area contributed by atoms with Gasteiger partial charge in [0.1, 0.15) is 5.54 Å². The lowest BCUT2D eigenvalue weighted by molar-refractivity contribution is -0.155. The molecule has 0 spiro atoms. The maximum absolute atomic E-state index is 12.4. The molecule has 0 bridgehead atoms. The maximum Gasteiger partial charge on any atom is 0.329 e. The van der Waals surface area contributed by atoms with Gasteiger partial charge in [-0.25, -0.2) is 4.79 Å². The van der Waals surface area contributed by atoms with E-state index in [1.165, 1.54) is 25.7 Å². The van der Waals surface area contributed by atoms with Crippen molar-refractivity contribution in [2.45, 2.75) is 71.3 Å². The van der Waals surface area contributed by atoms with Crippen molar-refractivity contribution < 1.29 is 14.3 Å². The molecule has 0 radical (unpaired) electrons. The van der Waals surface area contributed by atoms with Gasteiger partial charge in [0.05, 0.1) is 13.2 Å². The van der Waals surface area contributed by atoms with Gasteiger partial charge < -0.3 is 9.47 Å². The van der Waals surface area contributed by atoms with Gasteiger partial charge in [0, 0.05) is 6.61 Å². The molecule has 1 atom stereocenters. The molecule has 1 aliphatic rings. The second-order valence-corrected chi connectivity index (χ2v) is 5.96. The first-order valence-electron chi connectivity index (χ1n) is 8.71. The van der Waals surface area contributed by atoms with E-state index in [0.29, 0.717) is 19.1 Å². The molecule has 1 fully saturated rings. The molecule has 1 unspecified atom stereocenters. The Bertz CT molecular complexity index is 292. The molecule has 0 saturated heterocycles. The van der Waals surface area contributed by atoms with Gasteiger partial charge >= 0.3 is 5.97 Å². The van der Waals surface area contributed by atoms with Gasteiger partial charge in [-0.15, -0.1) is 0 Å². The van der Waals surface area contributed by atoms with Crippen molar-refractivity contribution in [1.29, 1.82) is 0 Å². The minimum absolute atomic E-state index is 0.139. The summed E-state index contributed by atoms with van der Waals surface area (Å²) in [6, 6.07) is 0. The van der Waals surface area contributed by atoms with Gasteiger partial charge in [-0.1, -0.05) is 39.5 Å². The van der Waals surface area contributed by atoms with Gasteiger partial charge in [0.15, 0.2) is 0 Å². The highest BCUT2D eigenvalue weighted by Gasteiger charge is 2.51. The lowest BCUT2D eigenvalue weighted by Crippen LogP contribution is -2.58. The zero-order valence-corrected chi connectivity index (χ0v) is 14.1. The molecule has 1 N–H and O–H groups in total. The normalized spacial score (nSPS) is 17.5. The van der Waals surface area contributed by atoms with Crippen molar-refractivity contribution >= 4 is 5.97 Å². The molecule has 0 aromatic carbocycles. The second kappa shape index (κ2) is 10.2. The molecule has 21 heavy (non-hydrogen) atoms. The summed E-state index contributed by atoms with van der Waals surface area (Å²) in [6.45, 7) is 8.47. The van der Waals surface area contributed by atoms with E-state index in [1.54, 1.807) is 0 Å². The first-order chi connectivity index (χ1) is 10.2. The smallest absolute Gasteiger partial charge is 0.329 e. The number of carbonyl (C=O) groups excluding carboxylic acids is 1. The Labute approximate surface area is 130 Å². The van der Waals surface area contributed by atoms with Crippen LogP contribution in [0, 0.1) is 5.92 Å². The van der Waals surface area contributed by atoms with Crippen molar-refractivity contribution in [2.24, 2.45) is 5.92 Å². The largest absolute Gasteiger partial charge is 0.465 e. The third-order valence-corrected chi connectivity index (χ3v) is 4.13. The summed E-state index contributed by atoms with van der Waals surface area (Å²) in [7, 11) is 0. The minimum atomic E-state index is -0.617. The predicted molar refractivity (Wildman–Crippen MR) is 85.3 cm³/mol. The number of nitrogens with one attached hydrogen (secondary N) is 1. The summed E-state index contributed by atoms with van der Waals surface area (Å²) < 4.78 is 11.1. The highest BCUT2D eigenvalue weighted by Crippen LogP contribution is 2.40. The van der Waals surface area contributed by atoms with Crippen LogP contribution >= 0.6 is 0 Å². The molecule has 0 aromatic rings. The van der Waals surface area contributed by atoms with Crippen molar-refractivity contribution in [3.8, 4) is 0 Å². The van der Waals surface area contributed by atoms with Crippen LogP contribution < -0.4 is 5.32 Å². The van der Waals surface area contributed by atoms with E-state index in [0.717, 1.165) is 32.4 Å². The monoisotopic (exact) mass is 299 g/mol. The van der Waals surface area contributed by atoms with E-state index in [9.17, 15) is 4.79 Å².